The van der Waals surface area contributed by atoms with Gasteiger partial charge < -0.3 is 5.32 Å². The van der Waals surface area contributed by atoms with Gasteiger partial charge in [0.2, 0.25) is 0 Å². The van der Waals surface area contributed by atoms with Crippen LogP contribution in [0.3, 0.4) is 0 Å². The summed E-state index contributed by atoms with van der Waals surface area (Å²) in [4.78, 5) is 0. The van der Waals surface area contributed by atoms with Gasteiger partial charge in [0, 0.05) is 6.54 Å². The van der Waals surface area contributed by atoms with Crippen molar-refractivity contribution in [2.45, 2.75) is 39.5 Å². The SMILES string of the molecule is CCCCC(CC)CNc1ccc(C#N)c(Br)c1F. The van der Waals surface area contributed by atoms with Gasteiger partial charge in [-0.3, -0.25) is 0 Å². The Bertz CT molecular complexity index is 454. The summed E-state index contributed by atoms with van der Waals surface area (Å²) in [5, 5.41) is 12.0. The molecular weight excluding hydrogens is 307 g/mol. The molecule has 0 aliphatic heterocycles. The van der Waals surface area contributed by atoms with Crippen LogP contribution >= 0.6 is 15.9 Å². The zero-order chi connectivity index (χ0) is 14.3. The molecule has 1 aromatic carbocycles. The van der Waals surface area contributed by atoms with Crippen LogP contribution in [0.2, 0.25) is 0 Å². The van der Waals surface area contributed by atoms with Crippen LogP contribution in [0, 0.1) is 23.1 Å². The predicted molar refractivity (Wildman–Crippen MR) is 80.6 cm³/mol. The lowest BCUT2D eigenvalue weighted by Crippen LogP contribution is -2.14. The van der Waals surface area contributed by atoms with E-state index in [-0.39, 0.29) is 10.3 Å². The summed E-state index contributed by atoms with van der Waals surface area (Å²) >= 11 is 3.12. The normalized spacial score (nSPS) is 11.9. The Hall–Kier alpha value is -1.08. The van der Waals surface area contributed by atoms with E-state index in [1.54, 1.807) is 12.1 Å². The fourth-order valence-corrected chi connectivity index (χ4v) is 2.40. The third-order valence-electron chi connectivity index (χ3n) is 3.33. The number of hydrogen-bond donors (Lipinski definition) is 1. The van der Waals surface area contributed by atoms with Gasteiger partial charge in [-0.2, -0.15) is 5.26 Å². The van der Waals surface area contributed by atoms with Crippen molar-refractivity contribution in [3.8, 4) is 6.07 Å². The fraction of sp³-hybridized carbons (Fsp3) is 0.533. The molecule has 0 aliphatic rings. The number of nitriles is 1. The maximum Gasteiger partial charge on any atom is 0.161 e. The molecule has 0 spiro atoms. The average Bonchev–Trinajstić information content (AvgIpc) is 2.43. The van der Waals surface area contributed by atoms with Crippen molar-refractivity contribution >= 4 is 21.6 Å². The Morgan fingerprint density at radius 3 is 2.74 bits per heavy atom. The highest BCUT2D eigenvalue weighted by Gasteiger charge is 2.12. The zero-order valence-corrected chi connectivity index (χ0v) is 13.1. The van der Waals surface area contributed by atoms with Crippen molar-refractivity contribution in [2.75, 3.05) is 11.9 Å². The molecule has 0 bridgehead atoms. The first-order valence-electron chi connectivity index (χ1n) is 6.75. The Balaban J connectivity index is 2.67. The van der Waals surface area contributed by atoms with Crippen molar-refractivity contribution in [1.82, 2.24) is 0 Å². The summed E-state index contributed by atoms with van der Waals surface area (Å²) in [6, 6.07) is 5.21. The van der Waals surface area contributed by atoms with E-state index < -0.39 is 0 Å². The maximum atomic E-state index is 14.0. The van der Waals surface area contributed by atoms with E-state index in [9.17, 15) is 4.39 Å². The van der Waals surface area contributed by atoms with E-state index in [1.807, 2.05) is 6.07 Å². The number of rotatable bonds is 7. The van der Waals surface area contributed by atoms with Crippen LogP contribution in [-0.4, -0.2) is 6.54 Å². The summed E-state index contributed by atoms with van der Waals surface area (Å²) in [5.41, 5.74) is 0.780. The van der Waals surface area contributed by atoms with Crippen molar-refractivity contribution < 1.29 is 4.39 Å². The van der Waals surface area contributed by atoms with E-state index in [2.05, 4.69) is 35.1 Å². The average molecular weight is 327 g/mol. The molecule has 1 rings (SSSR count). The molecule has 104 valence electrons. The van der Waals surface area contributed by atoms with Crippen molar-refractivity contribution in [3.63, 3.8) is 0 Å². The largest absolute Gasteiger partial charge is 0.382 e. The van der Waals surface area contributed by atoms with Gasteiger partial charge in [0.05, 0.1) is 15.7 Å². The van der Waals surface area contributed by atoms with Gasteiger partial charge in [-0.25, -0.2) is 4.39 Å². The molecule has 0 saturated carbocycles. The van der Waals surface area contributed by atoms with Crippen LogP contribution in [0.4, 0.5) is 10.1 Å². The molecule has 19 heavy (non-hydrogen) atoms. The summed E-state index contributed by atoms with van der Waals surface area (Å²) in [6.07, 6.45) is 4.65. The smallest absolute Gasteiger partial charge is 0.161 e. The highest BCUT2D eigenvalue weighted by atomic mass is 79.9. The third-order valence-corrected chi connectivity index (χ3v) is 4.10. The van der Waals surface area contributed by atoms with Gasteiger partial charge in [-0.1, -0.05) is 33.1 Å². The van der Waals surface area contributed by atoms with Crippen molar-refractivity contribution in [3.05, 3.63) is 28.0 Å². The second kappa shape index (κ2) is 8.16. The second-order valence-corrected chi connectivity index (χ2v) is 5.49. The molecule has 2 nitrogen and oxygen atoms in total. The minimum Gasteiger partial charge on any atom is -0.382 e. The molecular formula is C15H20BrFN2. The Morgan fingerprint density at radius 1 is 1.42 bits per heavy atom. The lowest BCUT2D eigenvalue weighted by molar-refractivity contribution is 0.471. The second-order valence-electron chi connectivity index (χ2n) is 4.70. The number of anilines is 1. The molecule has 0 saturated heterocycles. The first-order valence-corrected chi connectivity index (χ1v) is 7.55. The zero-order valence-electron chi connectivity index (χ0n) is 11.5. The van der Waals surface area contributed by atoms with Crippen LogP contribution < -0.4 is 5.32 Å². The van der Waals surface area contributed by atoms with Crippen LogP contribution in [-0.2, 0) is 0 Å². The quantitative estimate of drug-likeness (QED) is 0.757. The first kappa shape index (κ1) is 16.0. The molecule has 0 radical (unpaired) electrons. The molecule has 1 atom stereocenters. The highest BCUT2D eigenvalue weighted by Crippen LogP contribution is 2.27. The van der Waals surface area contributed by atoms with E-state index in [4.69, 9.17) is 5.26 Å². The van der Waals surface area contributed by atoms with Gasteiger partial charge in [0.15, 0.2) is 5.82 Å². The van der Waals surface area contributed by atoms with Gasteiger partial charge in [0.25, 0.3) is 0 Å². The van der Waals surface area contributed by atoms with Gasteiger partial charge in [-0.05, 0) is 40.4 Å². The van der Waals surface area contributed by atoms with Crippen LogP contribution in [0.25, 0.3) is 0 Å². The van der Waals surface area contributed by atoms with E-state index in [1.165, 1.54) is 19.3 Å². The number of nitrogens with one attached hydrogen (secondary N) is 1. The predicted octanol–water partition coefficient (Wildman–Crippen LogP) is 5.09. The van der Waals surface area contributed by atoms with Gasteiger partial charge in [0.1, 0.15) is 6.07 Å². The molecule has 4 heteroatoms. The third kappa shape index (κ3) is 4.50. The molecule has 1 N–H and O–H groups in total. The van der Waals surface area contributed by atoms with E-state index in [0.29, 0.717) is 17.2 Å². The van der Waals surface area contributed by atoms with E-state index >= 15 is 0 Å². The van der Waals surface area contributed by atoms with Crippen LogP contribution in [0.1, 0.15) is 45.1 Å². The molecule has 0 heterocycles. The van der Waals surface area contributed by atoms with Crippen molar-refractivity contribution in [1.29, 1.82) is 5.26 Å². The lowest BCUT2D eigenvalue weighted by Gasteiger charge is -2.17. The van der Waals surface area contributed by atoms with Gasteiger partial charge >= 0.3 is 0 Å². The summed E-state index contributed by atoms with van der Waals surface area (Å²) in [7, 11) is 0. The lowest BCUT2D eigenvalue weighted by atomic mass is 9.99. The molecule has 0 aliphatic carbocycles. The van der Waals surface area contributed by atoms with E-state index in [0.717, 1.165) is 13.0 Å². The number of nitrogens with zero attached hydrogens (tertiary/aromatic N) is 1. The Kier molecular flexibility index (Phi) is 6.86. The summed E-state index contributed by atoms with van der Waals surface area (Å²) < 4.78 is 14.2. The topological polar surface area (TPSA) is 35.8 Å². The Morgan fingerprint density at radius 2 is 2.16 bits per heavy atom. The molecule has 0 aromatic heterocycles. The molecule has 1 aromatic rings. The minimum absolute atomic E-state index is 0.238. The van der Waals surface area contributed by atoms with Gasteiger partial charge in [-0.15, -0.1) is 0 Å². The Labute approximate surface area is 123 Å². The highest BCUT2D eigenvalue weighted by molar-refractivity contribution is 9.10. The standard InChI is InChI=1S/C15H20BrFN2/c1-3-5-6-11(4-2)10-19-13-8-7-12(9-18)14(16)15(13)17/h7-8,11,19H,3-6,10H2,1-2H3. The maximum absolute atomic E-state index is 14.0. The molecule has 1 unspecified atom stereocenters. The molecule has 0 fully saturated rings. The minimum atomic E-state index is -0.385. The number of hydrogen-bond acceptors (Lipinski definition) is 2. The first-order chi connectivity index (χ1) is 9.13. The summed E-state index contributed by atoms with van der Waals surface area (Å²) in [5.74, 6) is 0.179. The number of halogens is 2. The summed E-state index contributed by atoms with van der Waals surface area (Å²) in [6.45, 7) is 5.11. The fourth-order valence-electron chi connectivity index (χ4n) is 1.97. The number of benzene rings is 1. The molecule has 0 amide bonds. The van der Waals surface area contributed by atoms with Crippen LogP contribution in [0.5, 0.6) is 0 Å². The van der Waals surface area contributed by atoms with Crippen molar-refractivity contribution in [2.24, 2.45) is 5.92 Å². The van der Waals surface area contributed by atoms with Crippen LogP contribution in [0.15, 0.2) is 16.6 Å². The number of unbranched alkanes of at least 4 members (excludes halogenated alkanes) is 1. The monoisotopic (exact) mass is 326 g/mol.